The van der Waals surface area contributed by atoms with Crippen LogP contribution in [0.2, 0.25) is 9.36 Å². The quantitative estimate of drug-likeness (QED) is 0.706. The molecule has 0 amide bonds. The minimum Gasteiger partial charge on any atom is -0.207 e. The third kappa shape index (κ3) is 3.92. The number of hydrogen-bond acceptors (Lipinski definition) is 3. The number of sulfonamides is 1. The first kappa shape index (κ1) is 17.1. The standard InChI is InChI=1S/C13H12Cl3NO2S2/c1-17(8-10-3-5-13(16)20-10)21(18,19)12-6-9(7-14)2-4-11(12)15/h2-6H,7-8H2,1H3. The Bertz CT molecular complexity index is 744. The molecule has 0 unspecified atom stereocenters. The van der Waals surface area contributed by atoms with Gasteiger partial charge in [-0.05, 0) is 29.8 Å². The molecular weight excluding hydrogens is 373 g/mol. The average molecular weight is 385 g/mol. The molecule has 0 saturated heterocycles. The van der Waals surface area contributed by atoms with Crippen molar-refractivity contribution in [3.8, 4) is 0 Å². The number of alkyl halides is 1. The first-order chi connectivity index (χ1) is 9.84. The Morgan fingerprint density at radius 3 is 2.48 bits per heavy atom. The maximum absolute atomic E-state index is 12.6. The number of thiophene rings is 1. The van der Waals surface area contributed by atoms with Crippen LogP contribution in [0.15, 0.2) is 35.2 Å². The maximum Gasteiger partial charge on any atom is 0.244 e. The molecule has 1 heterocycles. The zero-order valence-corrected chi connectivity index (χ0v) is 14.9. The first-order valence-electron chi connectivity index (χ1n) is 5.89. The third-order valence-electron chi connectivity index (χ3n) is 2.85. The molecule has 21 heavy (non-hydrogen) atoms. The van der Waals surface area contributed by atoms with Crippen molar-refractivity contribution >= 4 is 56.2 Å². The van der Waals surface area contributed by atoms with E-state index in [0.717, 1.165) is 4.88 Å². The Morgan fingerprint density at radius 1 is 1.19 bits per heavy atom. The molecule has 0 spiro atoms. The van der Waals surface area contributed by atoms with Crippen molar-refractivity contribution in [2.75, 3.05) is 7.05 Å². The normalized spacial score (nSPS) is 12.0. The van der Waals surface area contributed by atoms with Gasteiger partial charge >= 0.3 is 0 Å². The summed E-state index contributed by atoms with van der Waals surface area (Å²) in [5.74, 6) is 0.226. The van der Waals surface area contributed by atoms with Crippen LogP contribution in [0.4, 0.5) is 0 Å². The topological polar surface area (TPSA) is 37.4 Å². The lowest BCUT2D eigenvalue weighted by Crippen LogP contribution is -2.26. The summed E-state index contributed by atoms with van der Waals surface area (Å²) in [5.41, 5.74) is 0.701. The van der Waals surface area contributed by atoms with E-state index in [0.29, 0.717) is 9.90 Å². The molecule has 0 saturated carbocycles. The first-order valence-corrected chi connectivity index (χ1v) is 9.44. The monoisotopic (exact) mass is 383 g/mol. The van der Waals surface area contributed by atoms with Gasteiger partial charge in [-0.2, -0.15) is 4.31 Å². The molecule has 0 radical (unpaired) electrons. The fraction of sp³-hybridized carbons (Fsp3) is 0.231. The summed E-state index contributed by atoms with van der Waals surface area (Å²) < 4.78 is 27.1. The van der Waals surface area contributed by atoms with E-state index in [1.807, 2.05) is 0 Å². The largest absolute Gasteiger partial charge is 0.244 e. The van der Waals surface area contributed by atoms with Crippen LogP contribution in [0.1, 0.15) is 10.4 Å². The van der Waals surface area contributed by atoms with Crippen molar-refractivity contribution in [3.05, 3.63) is 50.1 Å². The fourth-order valence-corrected chi connectivity index (χ4v) is 4.80. The lowest BCUT2D eigenvalue weighted by Gasteiger charge is -2.17. The minimum absolute atomic E-state index is 0.0625. The van der Waals surface area contributed by atoms with Crippen molar-refractivity contribution in [2.45, 2.75) is 17.3 Å². The van der Waals surface area contributed by atoms with Gasteiger partial charge in [-0.15, -0.1) is 22.9 Å². The maximum atomic E-state index is 12.6. The molecule has 0 fully saturated rings. The van der Waals surface area contributed by atoms with Gasteiger partial charge in [0, 0.05) is 24.3 Å². The van der Waals surface area contributed by atoms with E-state index < -0.39 is 10.0 Å². The van der Waals surface area contributed by atoms with Gasteiger partial charge in [0.2, 0.25) is 10.0 Å². The smallest absolute Gasteiger partial charge is 0.207 e. The Kier molecular flexibility index (Phi) is 5.57. The van der Waals surface area contributed by atoms with Gasteiger partial charge in [-0.25, -0.2) is 8.42 Å². The minimum atomic E-state index is -3.68. The van der Waals surface area contributed by atoms with E-state index in [2.05, 4.69) is 0 Å². The van der Waals surface area contributed by atoms with E-state index in [4.69, 9.17) is 34.8 Å². The summed E-state index contributed by atoms with van der Waals surface area (Å²) in [4.78, 5) is 0.920. The van der Waals surface area contributed by atoms with Crippen LogP contribution in [-0.2, 0) is 22.4 Å². The van der Waals surface area contributed by atoms with Crippen LogP contribution >= 0.6 is 46.1 Å². The Labute approximate surface area is 143 Å². The van der Waals surface area contributed by atoms with Crippen molar-refractivity contribution < 1.29 is 8.42 Å². The summed E-state index contributed by atoms with van der Waals surface area (Å²) in [6.07, 6.45) is 0. The SMILES string of the molecule is CN(Cc1ccc(Cl)s1)S(=O)(=O)c1cc(CCl)ccc1Cl. The Balaban J connectivity index is 2.32. The predicted molar refractivity (Wildman–Crippen MR) is 89.0 cm³/mol. The molecule has 8 heteroatoms. The Hall–Kier alpha value is -0.300. The molecule has 2 rings (SSSR count). The van der Waals surface area contributed by atoms with E-state index in [1.165, 1.54) is 28.8 Å². The summed E-state index contributed by atoms with van der Waals surface area (Å²) in [6, 6.07) is 8.29. The van der Waals surface area contributed by atoms with Gasteiger partial charge in [0.25, 0.3) is 0 Å². The summed E-state index contributed by atoms with van der Waals surface area (Å²) >= 11 is 19.0. The van der Waals surface area contributed by atoms with Crippen LogP contribution < -0.4 is 0 Å². The number of nitrogens with zero attached hydrogens (tertiary/aromatic N) is 1. The highest BCUT2D eigenvalue weighted by atomic mass is 35.5. The lowest BCUT2D eigenvalue weighted by atomic mass is 10.2. The van der Waals surface area contributed by atoms with Crippen LogP contribution in [0, 0.1) is 0 Å². The van der Waals surface area contributed by atoms with Crippen molar-refractivity contribution in [1.82, 2.24) is 4.31 Å². The van der Waals surface area contributed by atoms with E-state index in [-0.39, 0.29) is 22.3 Å². The average Bonchev–Trinajstić information content (AvgIpc) is 2.84. The molecule has 1 aromatic heterocycles. The van der Waals surface area contributed by atoms with E-state index in [1.54, 1.807) is 24.3 Å². The second-order valence-corrected chi connectivity index (χ2v) is 8.85. The Morgan fingerprint density at radius 2 is 1.90 bits per heavy atom. The highest BCUT2D eigenvalue weighted by Crippen LogP contribution is 2.28. The molecule has 3 nitrogen and oxygen atoms in total. The molecule has 0 aliphatic carbocycles. The lowest BCUT2D eigenvalue weighted by molar-refractivity contribution is 0.469. The molecule has 114 valence electrons. The molecule has 2 aromatic rings. The molecule has 0 atom stereocenters. The van der Waals surface area contributed by atoms with Crippen LogP contribution in [0.25, 0.3) is 0 Å². The number of halogens is 3. The zero-order valence-electron chi connectivity index (χ0n) is 11.0. The second kappa shape index (κ2) is 6.86. The molecule has 1 aromatic carbocycles. The molecular formula is C13H12Cl3NO2S2. The molecule has 0 aliphatic rings. The summed E-state index contributed by atoms with van der Waals surface area (Å²) in [7, 11) is -2.18. The van der Waals surface area contributed by atoms with Gasteiger partial charge in [0.05, 0.1) is 9.36 Å². The third-order valence-corrected chi connectivity index (χ3v) is 6.65. The van der Waals surface area contributed by atoms with Crippen molar-refractivity contribution in [1.29, 1.82) is 0 Å². The van der Waals surface area contributed by atoms with Crippen LogP contribution in [0.5, 0.6) is 0 Å². The van der Waals surface area contributed by atoms with Gasteiger partial charge < -0.3 is 0 Å². The number of rotatable bonds is 5. The van der Waals surface area contributed by atoms with Gasteiger partial charge in [-0.1, -0.05) is 29.3 Å². The predicted octanol–water partition coefficient (Wildman–Crippen LogP) is 4.61. The summed E-state index contributed by atoms with van der Waals surface area (Å²) in [6.45, 7) is 0.237. The van der Waals surface area contributed by atoms with E-state index in [9.17, 15) is 8.42 Å². The van der Waals surface area contributed by atoms with Gasteiger partial charge in [0.1, 0.15) is 4.90 Å². The highest BCUT2D eigenvalue weighted by molar-refractivity contribution is 7.89. The van der Waals surface area contributed by atoms with Gasteiger partial charge in [0.15, 0.2) is 0 Å². The van der Waals surface area contributed by atoms with Gasteiger partial charge in [-0.3, -0.25) is 0 Å². The van der Waals surface area contributed by atoms with Crippen molar-refractivity contribution in [2.24, 2.45) is 0 Å². The van der Waals surface area contributed by atoms with Crippen molar-refractivity contribution in [3.63, 3.8) is 0 Å². The number of hydrogen-bond donors (Lipinski definition) is 0. The highest BCUT2D eigenvalue weighted by Gasteiger charge is 2.24. The van der Waals surface area contributed by atoms with E-state index >= 15 is 0 Å². The van der Waals surface area contributed by atoms with Crippen LogP contribution in [0.3, 0.4) is 0 Å². The molecule has 0 aliphatic heterocycles. The summed E-state index contributed by atoms with van der Waals surface area (Å²) in [5, 5.41) is 0.180. The fourth-order valence-electron chi connectivity index (χ4n) is 1.74. The second-order valence-electron chi connectivity index (χ2n) is 4.37. The zero-order chi connectivity index (χ0) is 15.6. The number of benzene rings is 1. The molecule has 0 N–H and O–H groups in total. The van der Waals surface area contributed by atoms with Crippen LogP contribution in [-0.4, -0.2) is 19.8 Å². The molecule has 0 bridgehead atoms.